The minimum absolute atomic E-state index is 0.151. The lowest BCUT2D eigenvalue weighted by atomic mass is 10.0. The molecule has 0 bridgehead atoms. The Morgan fingerprint density at radius 1 is 1.26 bits per heavy atom. The van der Waals surface area contributed by atoms with Crippen LogP contribution in [0.5, 0.6) is 0 Å². The summed E-state index contributed by atoms with van der Waals surface area (Å²) in [5, 5.41) is 5.99. The van der Waals surface area contributed by atoms with E-state index in [4.69, 9.17) is 0 Å². The molecule has 19 heavy (non-hydrogen) atoms. The molecule has 1 rings (SSSR count). The molecule has 0 saturated heterocycles. The Bertz CT molecular complexity index is 391. The Kier molecular flexibility index (Phi) is 6.25. The van der Waals surface area contributed by atoms with E-state index in [1.165, 1.54) is 6.20 Å². The van der Waals surface area contributed by atoms with Gasteiger partial charge in [-0.1, -0.05) is 20.3 Å². The Morgan fingerprint density at radius 2 is 2.00 bits per heavy atom. The van der Waals surface area contributed by atoms with E-state index >= 15 is 0 Å². The zero-order valence-corrected chi connectivity index (χ0v) is 12.2. The van der Waals surface area contributed by atoms with Crippen molar-refractivity contribution in [3.05, 3.63) is 18.1 Å². The molecular weight excluding hydrogens is 240 g/mol. The van der Waals surface area contributed by atoms with Gasteiger partial charge < -0.3 is 10.6 Å². The van der Waals surface area contributed by atoms with Crippen LogP contribution < -0.4 is 10.6 Å². The lowest BCUT2D eigenvalue weighted by Crippen LogP contribution is -2.34. The van der Waals surface area contributed by atoms with E-state index < -0.39 is 0 Å². The Balaban J connectivity index is 2.53. The summed E-state index contributed by atoms with van der Waals surface area (Å²) in [6, 6.07) is 0.151. The molecule has 5 nitrogen and oxygen atoms in total. The maximum atomic E-state index is 12.0. The molecule has 2 unspecified atom stereocenters. The molecule has 0 spiro atoms. The molecule has 1 aromatic heterocycles. The number of carbonyl (C=O) groups is 1. The Labute approximate surface area is 115 Å². The Morgan fingerprint density at radius 3 is 2.53 bits per heavy atom. The van der Waals surface area contributed by atoms with Gasteiger partial charge in [-0.15, -0.1) is 0 Å². The van der Waals surface area contributed by atoms with E-state index in [2.05, 4.69) is 34.4 Å². The van der Waals surface area contributed by atoms with Crippen molar-refractivity contribution in [2.75, 3.05) is 11.9 Å². The highest BCUT2D eigenvalue weighted by molar-refractivity contribution is 5.92. The van der Waals surface area contributed by atoms with E-state index in [0.717, 1.165) is 19.4 Å². The molecule has 0 radical (unpaired) electrons. The summed E-state index contributed by atoms with van der Waals surface area (Å²) in [6.07, 6.45) is 5.18. The van der Waals surface area contributed by atoms with Crippen molar-refractivity contribution in [2.24, 2.45) is 5.92 Å². The van der Waals surface area contributed by atoms with Crippen molar-refractivity contribution in [1.82, 2.24) is 15.3 Å². The molecule has 0 aliphatic heterocycles. The first-order valence-corrected chi connectivity index (χ1v) is 6.93. The van der Waals surface area contributed by atoms with Crippen LogP contribution in [0.4, 0.5) is 5.82 Å². The summed E-state index contributed by atoms with van der Waals surface area (Å²) >= 11 is 0. The smallest absolute Gasteiger partial charge is 0.271 e. The van der Waals surface area contributed by atoms with Gasteiger partial charge in [0.15, 0.2) is 0 Å². The highest BCUT2D eigenvalue weighted by Gasteiger charge is 2.13. The average Bonchev–Trinajstić information content (AvgIpc) is 2.39. The van der Waals surface area contributed by atoms with Gasteiger partial charge in [-0.25, -0.2) is 9.97 Å². The van der Waals surface area contributed by atoms with E-state index in [1.807, 2.05) is 13.8 Å². The molecular formula is C14H24N4O. The number of anilines is 1. The molecule has 1 aromatic rings. The molecule has 5 heteroatoms. The van der Waals surface area contributed by atoms with Crippen molar-refractivity contribution in [3.8, 4) is 0 Å². The zero-order chi connectivity index (χ0) is 14.3. The molecule has 1 amide bonds. The minimum Gasteiger partial charge on any atom is -0.369 e. The second kappa shape index (κ2) is 7.71. The summed E-state index contributed by atoms with van der Waals surface area (Å²) in [5.41, 5.74) is 0.359. The largest absolute Gasteiger partial charge is 0.369 e. The summed E-state index contributed by atoms with van der Waals surface area (Å²) in [6.45, 7) is 9.13. The molecule has 0 aliphatic rings. The summed E-state index contributed by atoms with van der Waals surface area (Å²) in [4.78, 5) is 20.2. The van der Waals surface area contributed by atoms with Gasteiger partial charge in [-0.3, -0.25) is 4.79 Å². The number of carbonyl (C=O) groups excluding carboxylic acids is 1. The van der Waals surface area contributed by atoms with Gasteiger partial charge in [0.1, 0.15) is 11.5 Å². The molecule has 1 heterocycles. The zero-order valence-electron chi connectivity index (χ0n) is 12.2. The maximum absolute atomic E-state index is 12.0. The number of rotatable bonds is 7. The molecule has 0 fully saturated rings. The average molecular weight is 264 g/mol. The highest BCUT2D eigenvalue weighted by Crippen LogP contribution is 2.10. The van der Waals surface area contributed by atoms with Crippen LogP contribution in [0.25, 0.3) is 0 Å². The molecule has 2 atom stereocenters. The summed E-state index contributed by atoms with van der Waals surface area (Å²) < 4.78 is 0. The van der Waals surface area contributed by atoms with E-state index in [9.17, 15) is 4.79 Å². The molecule has 0 saturated carbocycles. The van der Waals surface area contributed by atoms with Gasteiger partial charge in [0.2, 0.25) is 0 Å². The van der Waals surface area contributed by atoms with Gasteiger partial charge in [0.25, 0.3) is 5.91 Å². The third-order valence-electron chi connectivity index (χ3n) is 3.07. The van der Waals surface area contributed by atoms with Crippen molar-refractivity contribution < 1.29 is 4.79 Å². The predicted molar refractivity (Wildman–Crippen MR) is 77.2 cm³/mol. The van der Waals surface area contributed by atoms with Crippen molar-refractivity contribution in [1.29, 1.82) is 0 Å². The van der Waals surface area contributed by atoms with Crippen LogP contribution in [0.1, 0.15) is 51.0 Å². The van der Waals surface area contributed by atoms with Gasteiger partial charge in [0.05, 0.1) is 12.4 Å². The van der Waals surface area contributed by atoms with Gasteiger partial charge in [0, 0.05) is 12.6 Å². The second-order valence-corrected chi connectivity index (χ2v) is 4.94. The van der Waals surface area contributed by atoms with Crippen LogP contribution in [0.15, 0.2) is 12.4 Å². The summed E-state index contributed by atoms with van der Waals surface area (Å²) in [5.74, 6) is 1.13. The third-order valence-corrected chi connectivity index (χ3v) is 3.07. The van der Waals surface area contributed by atoms with Gasteiger partial charge >= 0.3 is 0 Å². The van der Waals surface area contributed by atoms with Crippen LogP contribution >= 0.6 is 0 Å². The SMILES string of the molecule is CCNc1cnc(C(=O)NC(C)CC(C)CC)cn1. The second-order valence-electron chi connectivity index (χ2n) is 4.94. The molecule has 106 valence electrons. The molecule has 2 N–H and O–H groups in total. The van der Waals surface area contributed by atoms with E-state index in [0.29, 0.717) is 17.4 Å². The monoisotopic (exact) mass is 264 g/mol. The number of nitrogens with zero attached hydrogens (tertiary/aromatic N) is 2. The van der Waals surface area contributed by atoms with Crippen LogP contribution in [-0.2, 0) is 0 Å². The van der Waals surface area contributed by atoms with E-state index in [1.54, 1.807) is 6.20 Å². The number of aromatic nitrogens is 2. The fraction of sp³-hybridized carbons (Fsp3) is 0.643. The first-order chi connectivity index (χ1) is 9.06. The lowest BCUT2D eigenvalue weighted by molar-refractivity contribution is 0.0930. The predicted octanol–water partition coefficient (Wildman–Crippen LogP) is 2.46. The molecule has 0 aromatic carbocycles. The standard InChI is InChI=1S/C14H24N4O/c1-5-10(3)7-11(4)18-14(19)12-8-17-13(9-16-12)15-6-2/h8-11H,5-7H2,1-4H3,(H,15,17)(H,18,19). The van der Waals surface area contributed by atoms with Gasteiger partial charge in [-0.05, 0) is 26.2 Å². The fourth-order valence-electron chi connectivity index (χ4n) is 1.84. The number of nitrogens with one attached hydrogen (secondary N) is 2. The van der Waals surface area contributed by atoms with Crippen LogP contribution in [-0.4, -0.2) is 28.5 Å². The van der Waals surface area contributed by atoms with Crippen LogP contribution in [0, 0.1) is 5.92 Å². The van der Waals surface area contributed by atoms with Crippen molar-refractivity contribution >= 4 is 11.7 Å². The maximum Gasteiger partial charge on any atom is 0.271 e. The van der Waals surface area contributed by atoms with E-state index in [-0.39, 0.29) is 11.9 Å². The van der Waals surface area contributed by atoms with Crippen LogP contribution in [0.3, 0.4) is 0 Å². The van der Waals surface area contributed by atoms with Crippen LogP contribution in [0.2, 0.25) is 0 Å². The first kappa shape index (κ1) is 15.4. The fourth-order valence-corrected chi connectivity index (χ4v) is 1.84. The number of hydrogen-bond acceptors (Lipinski definition) is 4. The number of amides is 1. The lowest BCUT2D eigenvalue weighted by Gasteiger charge is -2.17. The van der Waals surface area contributed by atoms with Gasteiger partial charge in [-0.2, -0.15) is 0 Å². The topological polar surface area (TPSA) is 66.9 Å². The van der Waals surface area contributed by atoms with Crippen molar-refractivity contribution in [2.45, 2.75) is 46.6 Å². The number of hydrogen-bond donors (Lipinski definition) is 2. The summed E-state index contributed by atoms with van der Waals surface area (Å²) in [7, 11) is 0. The third kappa shape index (κ3) is 5.24. The normalized spacial score (nSPS) is 13.7. The first-order valence-electron chi connectivity index (χ1n) is 6.93. The Hall–Kier alpha value is -1.65. The van der Waals surface area contributed by atoms with Crippen molar-refractivity contribution in [3.63, 3.8) is 0 Å². The molecule has 0 aliphatic carbocycles. The minimum atomic E-state index is -0.161. The highest BCUT2D eigenvalue weighted by atomic mass is 16.1. The quantitative estimate of drug-likeness (QED) is 0.794.